The standard InChI is InChI=1S/C48H92O6/c1-5-7-9-11-13-14-15-16-17-18-19-20-21-22-23-24-28-33-37-41-48(51)54-45(42-52-46(49)39-35-31-26-12-10-8-6-2)43-53-47(50)40-36-32-29-25-27-30-34-38-44(3)4/h44-45H,5-43H2,1-4H3/t45-/m0/s1. The Bertz CT molecular complexity index is 811. The number of rotatable bonds is 43. The lowest BCUT2D eigenvalue weighted by Gasteiger charge is -2.18. The van der Waals surface area contributed by atoms with Crippen LogP contribution in [0.1, 0.15) is 265 Å². The zero-order valence-corrected chi connectivity index (χ0v) is 36.7. The Hall–Kier alpha value is -1.59. The molecule has 6 heteroatoms. The maximum atomic E-state index is 12.7. The van der Waals surface area contributed by atoms with Crippen molar-refractivity contribution in [3.8, 4) is 0 Å². The van der Waals surface area contributed by atoms with Crippen molar-refractivity contribution in [1.82, 2.24) is 0 Å². The van der Waals surface area contributed by atoms with Crippen LogP contribution in [-0.4, -0.2) is 37.2 Å². The van der Waals surface area contributed by atoms with Gasteiger partial charge in [-0.1, -0.05) is 227 Å². The predicted octanol–water partition coefficient (Wildman–Crippen LogP) is 15.1. The molecule has 54 heavy (non-hydrogen) atoms. The van der Waals surface area contributed by atoms with E-state index >= 15 is 0 Å². The predicted molar refractivity (Wildman–Crippen MR) is 229 cm³/mol. The molecular weight excluding hydrogens is 673 g/mol. The fourth-order valence-corrected chi connectivity index (χ4v) is 7.16. The maximum Gasteiger partial charge on any atom is 0.306 e. The quantitative estimate of drug-likeness (QED) is 0.0349. The van der Waals surface area contributed by atoms with Crippen molar-refractivity contribution in [3.63, 3.8) is 0 Å². The van der Waals surface area contributed by atoms with Crippen LogP contribution in [0.25, 0.3) is 0 Å². The van der Waals surface area contributed by atoms with Crippen LogP contribution in [0.3, 0.4) is 0 Å². The average Bonchev–Trinajstić information content (AvgIpc) is 3.15. The summed E-state index contributed by atoms with van der Waals surface area (Å²) in [7, 11) is 0. The minimum absolute atomic E-state index is 0.0651. The summed E-state index contributed by atoms with van der Waals surface area (Å²) in [5.41, 5.74) is 0. The van der Waals surface area contributed by atoms with E-state index in [9.17, 15) is 14.4 Å². The van der Waals surface area contributed by atoms with Crippen LogP contribution >= 0.6 is 0 Å². The molecule has 0 unspecified atom stereocenters. The van der Waals surface area contributed by atoms with Gasteiger partial charge in [-0.3, -0.25) is 14.4 Å². The van der Waals surface area contributed by atoms with Gasteiger partial charge in [-0.25, -0.2) is 0 Å². The molecule has 0 aromatic heterocycles. The van der Waals surface area contributed by atoms with Gasteiger partial charge in [0.1, 0.15) is 13.2 Å². The molecule has 0 radical (unpaired) electrons. The molecule has 0 spiro atoms. The molecule has 0 aliphatic carbocycles. The number of carbonyl (C=O) groups excluding carboxylic acids is 3. The minimum Gasteiger partial charge on any atom is -0.462 e. The molecule has 0 bridgehead atoms. The Kier molecular flexibility index (Phi) is 41.3. The van der Waals surface area contributed by atoms with Gasteiger partial charge in [0.2, 0.25) is 0 Å². The summed E-state index contributed by atoms with van der Waals surface area (Å²) in [4.78, 5) is 37.6. The molecule has 0 N–H and O–H groups in total. The summed E-state index contributed by atoms with van der Waals surface area (Å²) in [5.74, 6) is -0.0796. The van der Waals surface area contributed by atoms with Gasteiger partial charge < -0.3 is 14.2 Å². The first-order chi connectivity index (χ1) is 26.4. The molecule has 6 nitrogen and oxygen atoms in total. The number of esters is 3. The van der Waals surface area contributed by atoms with E-state index in [1.807, 2.05) is 0 Å². The maximum absolute atomic E-state index is 12.7. The van der Waals surface area contributed by atoms with Gasteiger partial charge in [0, 0.05) is 19.3 Å². The molecule has 0 rings (SSSR count). The van der Waals surface area contributed by atoms with Gasteiger partial charge in [0.25, 0.3) is 0 Å². The molecular formula is C48H92O6. The number of hydrogen-bond donors (Lipinski definition) is 0. The molecule has 320 valence electrons. The van der Waals surface area contributed by atoms with Crippen LogP contribution in [0.15, 0.2) is 0 Å². The highest BCUT2D eigenvalue weighted by Crippen LogP contribution is 2.16. The monoisotopic (exact) mass is 765 g/mol. The molecule has 0 aliphatic rings. The van der Waals surface area contributed by atoms with Crippen LogP contribution in [0, 0.1) is 5.92 Å². The van der Waals surface area contributed by atoms with E-state index in [-0.39, 0.29) is 31.1 Å². The topological polar surface area (TPSA) is 78.9 Å². The first-order valence-corrected chi connectivity index (χ1v) is 23.9. The van der Waals surface area contributed by atoms with E-state index in [0.717, 1.165) is 63.7 Å². The number of hydrogen-bond acceptors (Lipinski definition) is 6. The smallest absolute Gasteiger partial charge is 0.306 e. The molecule has 0 saturated carbocycles. The first-order valence-electron chi connectivity index (χ1n) is 23.9. The van der Waals surface area contributed by atoms with Crippen molar-refractivity contribution in [2.45, 2.75) is 271 Å². The van der Waals surface area contributed by atoms with Gasteiger partial charge in [-0.2, -0.15) is 0 Å². The van der Waals surface area contributed by atoms with Gasteiger partial charge in [-0.15, -0.1) is 0 Å². The molecule has 1 atom stereocenters. The van der Waals surface area contributed by atoms with Crippen molar-refractivity contribution >= 4 is 17.9 Å². The summed E-state index contributed by atoms with van der Waals surface area (Å²) in [6.07, 6.45) is 42.6. The summed E-state index contributed by atoms with van der Waals surface area (Å²) < 4.78 is 16.7. The fraction of sp³-hybridized carbons (Fsp3) is 0.938. The summed E-state index contributed by atoms with van der Waals surface area (Å²) >= 11 is 0. The molecule has 0 aliphatic heterocycles. The first kappa shape index (κ1) is 52.4. The second-order valence-corrected chi connectivity index (χ2v) is 16.9. The third-order valence-electron chi connectivity index (χ3n) is 10.8. The SMILES string of the molecule is CCCCCCCCCCCCCCCCCCCCCC(=O)O[C@@H](COC(=O)CCCCCCCCC)COC(=O)CCCCCCCCCC(C)C. The van der Waals surface area contributed by atoms with Crippen molar-refractivity contribution in [1.29, 1.82) is 0 Å². The van der Waals surface area contributed by atoms with Crippen LogP contribution in [-0.2, 0) is 28.6 Å². The molecule has 0 aromatic rings. The van der Waals surface area contributed by atoms with E-state index in [4.69, 9.17) is 14.2 Å². The highest BCUT2D eigenvalue weighted by Gasteiger charge is 2.19. The summed E-state index contributed by atoms with van der Waals surface area (Å²) in [6, 6.07) is 0. The summed E-state index contributed by atoms with van der Waals surface area (Å²) in [6.45, 7) is 8.92. The van der Waals surface area contributed by atoms with Crippen LogP contribution < -0.4 is 0 Å². The highest BCUT2D eigenvalue weighted by atomic mass is 16.6. The van der Waals surface area contributed by atoms with E-state index in [0.29, 0.717) is 19.3 Å². The van der Waals surface area contributed by atoms with Gasteiger partial charge in [0.05, 0.1) is 0 Å². The second-order valence-electron chi connectivity index (χ2n) is 16.9. The van der Waals surface area contributed by atoms with Crippen molar-refractivity contribution in [3.05, 3.63) is 0 Å². The van der Waals surface area contributed by atoms with Crippen molar-refractivity contribution < 1.29 is 28.6 Å². The molecule has 0 fully saturated rings. The third kappa shape index (κ3) is 41.6. The largest absolute Gasteiger partial charge is 0.462 e. The van der Waals surface area contributed by atoms with Crippen LogP contribution in [0.5, 0.6) is 0 Å². The van der Waals surface area contributed by atoms with Gasteiger partial charge in [0.15, 0.2) is 6.10 Å². The average molecular weight is 765 g/mol. The molecule has 0 aromatic carbocycles. The Morgan fingerprint density at radius 2 is 0.611 bits per heavy atom. The van der Waals surface area contributed by atoms with E-state index in [2.05, 4.69) is 27.7 Å². The lowest BCUT2D eigenvalue weighted by atomic mass is 10.0. The highest BCUT2D eigenvalue weighted by molar-refractivity contribution is 5.71. The Morgan fingerprint density at radius 1 is 0.352 bits per heavy atom. The minimum atomic E-state index is -0.759. The van der Waals surface area contributed by atoms with Crippen molar-refractivity contribution in [2.24, 2.45) is 5.92 Å². The lowest BCUT2D eigenvalue weighted by Crippen LogP contribution is -2.30. The summed E-state index contributed by atoms with van der Waals surface area (Å²) in [5, 5.41) is 0. The number of unbranched alkanes of at least 4 members (excludes halogenated alkanes) is 30. The Morgan fingerprint density at radius 3 is 0.907 bits per heavy atom. The second kappa shape index (κ2) is 42.6. The van der Waals surface area contributed by atoms with Crippen LogP contribution in [0.2, 0.25) is 0 Å². The molecule has 0 amide bonds. The third-order valence-corrected chi connectivity index (χ3v) is 10.8. The Balaban J connectivity index is 4.18. The lowest BCUT2D eigenvalue weighted by molar-refractivity contribution is -0.167. The fourth-order valence-electron chi connectivity index (χ4n) is 7.16. The molecule has 0 saturated heterocycles. The van der Waals surface area contributed by atoms with Crippen molar-refractivity contribution in [2.75, 3.05) is 13.2 Å². The zero-order chi connectivity index (χ0) is 39.6. The van der Waals surface area contributed by atoms with Gasteiger partial charge >= 0.3 is 17.9 Å². The van der Waals surface area contributed by atoms with E-state index < -0.39 is 6.10 Å². The van der Waals surface area contributed by atoms with E-state index in [1.54, 1.807) is 0 Å². The normalized spacial score (nSPS) is 11.9. The van der Waals surface area contributed by atoms with Gasteiger partial charge in [-0.05, 0) is 25.2 Å². The Labute approximate surface area is 336 Å². The number of ether oxygens (including phenoxy) is 3. The van der Waals surface area contributed by atoms with Crippen LogP contribution in [0.4, 0.5) is 0 Å². The molecule has 0 heterocycles. The zero-order valence-electron chi connectivity index (χ0n) is 36.7. The number of carbonyl (C=O) groups is 3. The van der Waals surface area contributed by atoms with E-state index in [1.165, 1.54) is 161 Å².